The topological polar surface area (TPSA) is 75.3 Å². The number of hydrogen-bond acceptors (Lipinski definition) is 3. The molecule has 6 heteroatoms. The van der Waals surface area contributed by atoms with E-state index in [1.807, 2.05) is 31.2 Å². The third kappa shape index (κ3) is 4.28. The first-order valence-corrected chi connectivity index (χ1v) is 10.3. The highest BCUT2D eigenvalue weighted by atomic mass is 32.2. The van der Waals surface area contributed by atoms with Gasteiger partial charge in [0.25, 0.3) is 10.0 Å². The van der Waals surface area contributed by atoms with Crippen molar-refractivity contribution < 1.29 is 13.2 Å². The molecule has 5 nitrogen and oxygen atoms in total. The Balaban J connectivity index is 1.89. The van der Waals surface area contributed by atoms with Crippen LogP contribution in [0.4, 0.5) is 11.4 Å². The number of rotatable bonds is 6. The summed E-state index contributed by atoms with van der Waals surface area (Å²) in [7, 11) is -3.75. The summed E-state index contributed by atoms with van der Waals surface area (Å²) < 4.78 is 28.3. The molecule has 0 saturated heterocycles. The van der Waals surface area contributed by atoms with Gasteiger partial charge >= 0.3 is 0 Å². The van der Waals surface area contributed by atoms with Crippen molar-refractivity contribution in [2.75, 3.05) is 10.0 Å². The fraction of sp³-hybridized carbons (Fsp3) is 0.190. The van der Waals surface area contributed by atoms with E-state index in [0.29, 0.717) is 23.4 Å². The van der Waals surface area contributed by atoms with Crippen LogP contribution in [0.1, 0.15) is 25.3 Å². The number of fused-ring (bicyclic) bond motifs is 1. The predicted molar refractivity (Wildman–Crippen MR) is 109 cm³/mol. The number of carbonyl (C=O) groups is 1. The smallest absolute Gasteiger partial charge is 0.261 e. The molecule has 3 aromatic carbocycles. The van der Waals surface area contributed by atoms with Crippen molar-refractivity contribution in [3.63, 3.8) is 0 Å². The average Bonchev–Trinajstić information content (AvgIpc) is 2.64. The Labute approximate surface area is 159 Å². The minimum atomic E-state index is -3.75. The van der Waals surface area contributed by atoms with Crippen molar-refractivity contribution in [2.45, 2.75) is 31.6 Å². The lowest BCUT2D eigenvalue weighted by Gasteiger charge is -2.15. The van der Waals surface area contributed by atoms with E-state index in [1.165, 1.54) is 0 Å². The van der Waals surface area contributed by atoms with Crippen LogP contribution in [0.25, 0.3) is 10.8 Å². The summed E-state index contributed by atoms with van der Waals surface area (Å²) in [4.78, 5) is 12.1. The van der Waals surface area contributed by atoms with Gasteiger partial charge in [0, 0.05) is 12.1 Å². The minimum Gasteiger partial charge on any atom is -0.326 e. The molecule has 0 bridgehead atoms. The van der Waals surface area contributed by atoms with E-state index < -0.39 is 10.0 Å². The maximum absolute atomic E-state index is 12.8. The number of sulfonamides is 1. The number of carbonyl (C=O) groups excluding carboxylic acids is 1. The van der Waals surface area contributed by atoms with E-state index in [1.54, 1.807) is 43.3 Å². The average molecular weight is 382 g/mol. The van der Waals surface area contributed by atoms with Gasteiger partial charge in [0.05, 0.1) is 10.6 Å². The van der Waals surface area contributed by atoms with Crippen LogP contribution in [0, 0.1) is 6.92 Å². The Morgan fingerprint density at radius 3 is 2.37 bits per heavy atom. The molecule has 0 radical (unpaired) electrons. The van der Waals surface area contributed by atoms with Crippen LogP contribution in [0.3, 0.4) is 0 Å². The van der Waals surface area contributed by atoms with Crippen LogP contribution in [0.5, 0.6) is 0 Å². The van der Waals surface area contributed by atoms with E-state index in [-0.39, 0.29) is 10.8 Å². The Kier molecular flexibility index (Phi) is 5.46. The molecular formula is C21H22N2O3S. The number of anilines is 2. The summed E-state index contributed by atoms with van der Waals surface area (Å²) in [5.41, 5.74) is 1.72. The summed E-state index contributed by atoms with van der Waals surface area (Å²) in [6.45, 7) is 3.71. The second-order valence-electron chi connectivity index (χ2n) is 6.39. The van der Waals surface area contributed by atoms with Gasteiger partial charge in [0.2, 0.25) is 5.91 Å². The van der Waals surface area contributed by atoms with E-state index >= 15 is 0 Å². The zero-order valence-corrected chi connectivity index (χ0v) is 16.1. The first-order chi connectivity index (χ1) is 12.9. The van der Waals surface area contributed by atoms with Gasteiger partial charge in [-0.15, -0.1) is 0 Å². The predicted octanol–water partition coefficient (Wildman–Crippen LogP) is 4.69. The molecule has 27 heavy (non-hydrogen) atoms. The highest BCUT2D eigenvalue weighted by Gasteiger charge is 2.17. The standard InChI is InChI=1S/C21H22N2O3S/c1-3-7-21(24)22-19-10-6-11-20(15(19)2)23-27(25,26)18-13-12-16-8-4-5-9-17(16)14-18/h4-6,8-14,23H,3,7H2,1-2H3,(H,22,24). The fourth-order valence-corrected chi connectivity index (χ4v) is 4.02. The third-order valence-corrected chi connectivity index (χ3v) is 5.72. The van der Waals surface area contributed by atoms with Gasteiger partial charge in [-0.2, -0.15) is 0 Å². The molecule has 2 N–H and O–H groups in total. The Hall–Kier alpha value is -2.86. The highest BCUT2D eigenvalue weighted by molar-refractivity contribution is 7.92. The third-order valence-electron chi connectivity index (χ3n) is 4.36. The van der Waals surface area contributed by atoms with Crippen LogP contribution in [-0.4, -0.2) is 14.3 Å². The number of nitrogens with one attached hydrogen (secondary N) is 2. The van der Waals surface area contributed by atoms with E-state index in [4.69, 9.17) is 0 Å². The first kappa shape index (κ1) is 18.9. The van der Waals surface area contributed by atoms with Crippen molar-refractivity contribution in [2.24, 2.45) is 0 Å². The monoisotopic (exact) mass is 382 g/mol. The Bertz CT molecular complexity index is 1090. The largest absolute Gasteiger partial charge is 0.326 e. The molecular weight excluding hydrogens is 360 g/mol. The maximum atomic E-state index is 12.8. The SMILES string of the molecule is CCCC(=O)Nc1cccc(NS(=O)(=O)c2ccc3ccccc3c2)c1C. The van der Waals surface area contributed by atoms with Crippen LogP contribution in [0.2, 0.25) is 0 Å². The van der Waals surface area contributed by atoms with E-state index in [0.717, 1.165) is 17.2 Å². The molecule has 3 aromatic rings. The molecule has 140 valence electrons. The summed E-state index contributed by atoms with van der Waals surface area (Å²) in [6.07, 6.45) is 1.17. The van der Waals surface area contributed by atoms with E-state index in [2.05, 4.69) is 10.0 Å². The zero-order chi connectivity index (χ0) is 19.4. The van der Waals surface area contributed by atoms with Crippen molar-refractivity contribution in [1.82, 2.24) is 0 Å². The van der Waals surface area contributed by atoms with Crippen molar-refractivity contribution in [3.05, 3.63) is 66.2 Å². The second kappa shape index (κ2) is 7.80. The first-order valence-electron chi connectivity index (χ1n) is 8.82. The van der Waals surface area contributed by atoms with E-state index in [9.17, 15) is 13.2 Å². The lowest BCUT2D eigenvalue weighted by molar-refractivity contribution is -0.116. The Morgan fingerprint density at radius 1 is 0.926 bits per heavy atom. The van der Waals surface area contributed by atoms with Gasteiger partial charge < -0.3 is 5.32 Å². The molecule has 0 atom stereocenters. The fourth-order valence-electron chi connectivity index (χ4n) is 2.86. The van der Waals surface area contributed by atoms with Gasteiger partial charge in [-0.25, -0.2) is 8.42 Å². The summed E-state index contributed by atoms with van der Waals surface area (Å²) >= 11 is 0. The number of benzene rings is 3. The molecule has 0 aliphatic rings. The molecule has 0 heterocycles. The molecule has 0 spiro atoms. The number of hydrogen-bond donors (Lipinski definition) is 2. The molecule has 0 aliphatic heterocycles. The quantitative estimate of drug-likeness (QED) is 0.649. The minimum absolute atomic E-state index is 0.0878. The van der Waals surface area contributed by atoms with Gasteiger partial charge in [0.1, 0.15) is 0 Å². The summed E-state index contributed by atoms with van der Waals surface area (Å²) in [5.74, 6) is -0.0878. The van der Waals surface area contributed by atoms with Gasteiger partial charge in [-0.3, -0.25) is 9.52 Å². The van der Waals surface area contributed by atoms with Crippen molar-refractivity contribution in [1.29, 1.82) is 0 Å². The zero-order valence-electron chi connectivity index (χ0n) is 15.3. The molecule has 0 saturated carbocycles. The van der Waals surface area contributed by atoms with Gasteiger partial charge in [-0.05, 0) is 53.9 Å². The molecule has 0 fully saturated rings. The Morgan fingerprint density at radius 2 is 1.63 bits per heavy atom. The molecule has 0 aliphatic carbocycles. The van der Waals surface area contributed by atoms with Crippen LogP contribution < -0.4 is 10.0 Å². The normalized spacial score (nSPS) is 11.3. The molecule has 0 aromatic heterocycles. The van der Waals surface area contributed by atoms with Crippen LogP contribution >= 0.6 is 0 Å². The van der Waals surface area contributed by atoms with Gasteiger partial charge in [0.15, 0.2) is 0 Å². The second-order valence-corrected chi connectivity index (χ2v) is 8.07. The van der Waals surface area contributed by atoms with Crippen LogP contribution in [-0.2, 0) is 14.8 Å². The van der Waals surface area contributed by atoms with Crippen LogP contribution in [0.15, 0.2) is 65.6 Å². The summed E-state index contributed by atoms with van der Waals surface area (Å²) in [5, 5.41) is 4.67. The molecule has 1 amide bonds. The summed E-state index contributed by atoms with van der Waals surface area (Å²) in [6, 6.07) is 17.8. The van der Waals surface area contributed by atoms with Crippen molar-refractivity contribution >= 4 is 38.1 Å². The lowest BCUT2D eigenvalue weighted by Crippen LogP contribution is -2.16. The van der Waals surface area contributed by atoms with Gasteiger partial charge in [-0.1, -0.05) is 43.3 Å². The number of amides is 1. The highest BCUT2D eigenvalue weighted by Crippen LogP contribution is 2.27. The lowest BCUT2D eigenvalue weighted by atomic mass is 10.1. The maximum Gasteiger partial charge on any atom is 0.261 e. The van der Waals surface area contributed by atoms with Crippen molar-refractivity contribution in [3.8, 4) is 0 Å². The molecule has 3 rings (SSSR count). The molecule has 0 unspecified atom stereocenters.